The average Bonchev–Trinajstić information content (AvgIpc) is 2.75. The van der Waals surface area contributed by atoms with Crippen LogP contribution in [0, 0.1) is 0 Å². The molecule has 0 aliphatic heterocycles. The quantitative estimate of drug-likeness (QED) is 0.472. The normalized spacial score (nSPS) is 11.4. The van der Waals surface area contributed by atoms with Gasteiger partial charge < -0.3 is 20.0 Å². The second-order valence-corrected chi connectivity index (χ2v) is 7.11. The van der Waals surface area contributed by atoms with E-state index in [0.717, 1.165) is 5.56 Å². The van der Waals surface area contributed by atoms with E-state index in [1.54, 1.807) is 48.7 Å². The van der Waals surface area contributed by atoms with E-state index in [2.05, 4.69) is 15.3 Å². The van der Waals surface area contributed by atoms with Gasteiger partial charge in [-0.1, -0.05) is 53.6 Å². The average molecular weight is 480 g/mol. The fourth-order valence-corrected chi connectivity index (χ4v) is 3.17. The molecule has 10 heteroatoms. The number of carboxylic acid groups (broad SMARTS) is 1. The molecule has 2 aromatic carbocycles. The summed E-state index contributed by atoms with van der Waals surface area (Å²) in [5, 5.41) is 14.1. The predicted octanol–water partition coefficient (Wildman–Crippen LogP) is 0.531. The molecule has 1 heterocycles. The van der Waals surface area contributed by atoms with Crippen LogP contribution in [0.1, 0.15) is 22.3 Å². The first-order valence-electron chi connectivity index (χ1n) is 9.10. The summed E-state index contributed by atoms with van der Waals surface area (Å²) >= 11 is 12.0. The molecule has 1 unspecified atom stereocenters. The molecule has 1 atom stereocenters. The molecule has 0 bridgehead atoms. The van der Waals surface area contributed by atoms with Crippen molar-refractivity contribution in [1.82, 2.24) is 15.3 Å². The SMILES string of the molecule is O=C(NC(C/C=C/c1ccc(Oc2cnccn2)cc1)C(=O)[O-])c1c(Cl)cccc1Cl.[Na+]. The number of nitrogens with one attached hydrogen (secondary N) is 1. The zero-order valence-electron chi connectivity index (χ0n) is 17.0. The number of carbonyl (C=O) groups is 2. The van der Waals surface area contributed by atoms with Gasteiger partial charge in [-0.2, -0.15) is 0 Å². The number of hydrogen-bond acceptors (Lipinski definition) is 6. The third-order valence-electron chi connectivity index (χ3n) is 4.10. The van der Waals surface area contributed by atoms with Crippen molar-refractivity contribution in [1.29, 1.82) is 0 Å². The molecule has 3 rings (SSSR count). The summed E-state index contributed by atoms with van der Waals surface area (Å²) in [4.78, 5) is 31.8. The Morgan fingerprint density at radius 3 is 2.38 bits per heavy atom. The number of carboxylic acids is 1. The second-order valence-electron chi connectivity index (χ2n) is 6.29. The Labute approximate surface area is 216 Å². The van der Waals surface area contributed by atoms with E-state index in [1.165, 1.54) is 24.5 Å². The van der Waals surface area contributed by atoms with Gasteiger partial charge in [0, 0.05) is 12.4 Å². The fraction of sp³-hybridized carbons (Fsp3) is 0.0909. The molecule has 0 radical (unpaired) electrons. The van der Waals surface area contributed by atoms with Crippen molar-refractivity contribution in [2.24, 2.45) is 0 Å². The second kappa shape index (κ2) is 12.6. The van der Waals surface area contributed by atoms with E-state index in [1.807, 2.05) is 0 Å². The first-order valence-corrected chi connectivity index (χ1v) is 9.86. The van der Waals surface area contributed by atoms with Crippen molar-refractivity contribution in [3.8, 4) is 11.6 Å². The molecular formula is C22H16Cl2N3NaO4. The summed E-state index contributed by atoms with van der Waals surface area (Å²) in [7, 11) is 0. The van der Waals surface area contributed by atoms with E-state index in [4.69, 9.17) is 27.9 Å². The molecule has 1 aromatic heterocycles. The summed E-state index contributed by atoms with van der Waals surface area (Å²) in [6.07, 6.45) is 7.92. The Bertz CT molecular complexity index is 1080. The summed E-state index contributed by atoms with van der Waals surface area (Å²) in [6, 6.07) is 10.4. The summed E-state index contributed by atoms with van der Waals surface area (Å²) < 4.78 is 5.56. The molecule has 0 aliphatic carbocycles. The maximum absolute atomic E-state index is 12.4. The smallest absolute Gasteiger partial charge is 0.548 e. The van der Waals surface area contributed by atoms with Gasteiger partial charge in [-0.15, -0.1) is 0 Å². The van der Waals surface area contributed by atoms with Gasteiger partial charge in [0.05, 0.1) is 33.8 Å². The summed E-state index contributed by atoms with van der Waals surface area (Å²) in [6.45, 7) is 0. The first-order chi connectivity index (χ1) is 14.9. The molecular weight excluding hydrogens is 464 g/mol. The number of halogens is 2. The van der Waals surface area contributed by atoms with Gasteiger partial charge in [0.2, 0.25) is 5.88 Å². The topological polar surface area (TPSA) is 104 Å². The first kappa shape index (κ1) is 25.8. The zero-order valence-corrected chi connectivity index (χ0v) is 20.5. The third kappa shape index (κ3) is 7.32. The zero-order chi connectivity index (χ0) is 22.2. The van der Waals surface area contributed by atoms with Crippen LogP contribution in [0.15, 0.2) is 67.1 Å². The Hall–Kier alpha value is -2.42. The largest absolute Gasteiger partial charge is 1.00 e. The number of aromatic nitrogens is 2. The van der Waals surface area contributed by atoms with Gasteiger partial charge in [0.1, 0.15) is 5.75 Å². The maximum Gasteiger partial charge on any atom is 1.00 e. The van der Waals surface area contributed by atoms with Crippen molar-refractivity contribution in [2.45, 2.75) is 12.5 Å². The maximum atomic E-state index is 12.4. The number of hydrogen-bond donors (Lipinski definition) is 1. The van der Waals surface area contributed by atoms with Crippen molar-refractivity contribution in [3.63, 3.8) is 0 Å². The molecule has 158 valence electrons. The van der Waals surface area contributed by atoms with Gasteiger partial charge in [-0.3, -0.25) is 9.78 Å². The van der Waals surface area contributed by atoms with Crippen LogP contribution in [-0.2, 0) is 4.79 Å². The van der Waals surface area contributed by atoms with Crippen LogP contribution in [0.2, 0.25) is 10.0 Å². The van der Waals surface area contributed by atoms with E-state index in [0.29, 0.717) is 11.6 Å². The molecule has 1 N–H and O–H groups in total. The van der Waals surface area contributed by atoms with Gasteiger partial charge in [0.25, 0.3) is 5.91 Å². The molecule has 7 nitrogen and oxygen atoms in total. The minimum atomic E-state index is -1.42. The van der Waals surface area contributed by atoms with Gasteiger partial charge >= 0.3 is 29.6 Å². The van der Waals surface area contributed by atoms with Crippen LogP contribution in [0.4, 0.5) is 0 Å². The Balaban J connectivity index is 0.00000363. The number of ether oxygens (including phenoxy) is 1. The third-order valence-corrected chi connectivity index (χ3v) is 4.73. The van der Waals surface area contributed by atoms with Crippen molar-refractivity contribution in [2.75, 3.05) is 0 Å². The van der Waals surface area contributed by atoms with Crippen LogP contribution in [0.5, 0.6) is 11.6 Å². The predicted molar refractivity (Wildman–Crippen MR) is 115 cm³/mol. The van der Waals surface area contributed by atoms with Crippen molar-refractivity contribution in [3.05, 3.63) is 88.3 Å². The van der Waals surface area contributed by atoms with E-state index in [-0.39, 0.29) is 51.6 Å². The van der Waals surface area contributed by atoms with Crippen LogP contribution in [0.3, 0.4) is 0 Å². The number of aliphatic carboxylic acids is 1. The monoisotopic (exact) mass is 479 g/mol. The molecule has 0 saturated carbocycles. The van der Waals surface area contributed by atoms with Crippen LogP contribution >= 0.6 is 23.2 Å². The molecule has 0 fully saturated rings. The van der Waals surface area contributed by atoms with Gasteiger partial charge in [-0.05, 0) is 36.2 Å². The van der Waals surface area contributed by atoms with E-state index >= 15 is 0 Å². The molecule has 32 heavy (non-hydrogen) atoms. The number of amides is 1. The molecule has 0 saturated heterocycles. The fourth-order valence-electron chi connectivity index (χ4n) is 2.61. The van der Waals surface area contributed by atoms with Crippen LogP contribution < -0.4 is 44.7 Å². The molecule has 1 amide bonds. The number of nitrogens with zero attached hydrogens (tertiary/aromatic N) is 2. The Morgan fingerprint density at radius 2 is 1.78 bits per heavy atom. The van der Waals surface area contributed by atoms with Gasteiger partial charge in [0.15, 0.2) is 0 Å². The number of benzene rings is 2. The van der Waals surface area contributed by atoms with Crippen LogP contribution in [-0.4, -0.2) is 27.9 Å². The standard InChI is InChI=1S/C22H17Cl2N3O4.Na/c23-16-4-2-5-17(24)20(16)21(28)27-18(22(29)30)6-1-3-14-7-9-15(10-8-14)31-19-13-25-11-12-26-19;/h1-5,7-13,18H,6H2,(H,27,28)(H,29,30);/q;+1/p-1/b3-1+;. The van der Waals surface area contributed by atoms with Gasteiger partial charge in [-0.25, -0.2) is 4.98 Å². The molecule has 3 aromatic rings. The Morgan fingerprint density at radius 1 is 1.09 bits per heavy atom. The minimum absolute atomic E-state index is 0. The number of rotatable bonds is 8. The van der Waals surface area contributed by atoms with E-state index < -0.39 is 17.9 Å². The van der Waals surface area contributed by atoms with E-state index in [9.17, 15) is 14.7 Å². The molecule has 0 spiro atoms. The number of carbonyl (C=O) groups excluding carboxylic acids is 2. The summed E-state index contributed by atoms with van der Waals surface area (Å²) in [5.41, 5.74) is 0.823. The van der Waals surface area contributed by atoms with Crippen molar-refractivity contribution >= 4 is 41.2 Å². The summed E-state index contributed by atoms with van der Waals surface area (Å²) in [5.74, 6) is -1.16. The van der Waals surface area contributed by atoms with Crippen molar-refractivity contribution < 1.29 is 49.0 Å². The Kier molecular flexibility index (Phi) is 10.2. The molecule has 0 aliphatic rings. The van der Waals surface area contributed by atoms with Crippen LogP contribution in [0.25, 0.3) is 6.08 Å². The minimum Gasteiger partial charge on any atom is -0.548 e.